The molecule has 1 aliphatic rings. The summed E-state index contributed by atoms with van der Waals surface area (Å²) in [6, 6.07) is 11.9. The first kappa shape index (κ1) is 18.0. The summed E-state index contributed by atoms with van der Waals surface area (Å²) in [7, 11) is 1.60. The third kappa shape index (κ3) is 4.61. The predicted molar refractivity (Wildman–Crippen MR) is 102 cm³/mol. The molecule has 4 nitrogen and oxygen atoms in total. The smallest absolute Gasteiger partial charge is 0.255 e. The lowest BCUT2D eigenvalue weighted by Gasteiger charge is -2.30. The standard InChI is InChI=1S/C20H26N2O2S/c1-24-18-10-5-4-9-16(18)20(23)21-15-17(19-11-8-14-25-19)22-12-6-2-3-7-13-22/h4-5,8-11,14,17H,2-3,6-7,12-13,15H2,1H3,(H,21,23)/t17-/m1/s1. The van der Waals surface area contributed by atoms with Gasteiger partial charge < -0.3 is 10.1 Å². The van der Waals surface area contributed by atoms with Gasteiger partial charge >= 0.3 is 0 Å². The van der Waals surface area contributed by atoms with Gasteiger partial charge in [0.15, 0.2) is 0 Å². The van der Waals surface area contributed by atoms with E-state index in [1.54, 1.807) is 24.5 Å². The zero-order chi connectivity index (χ0) is 17.5. The van der Waals surface area contributed by atoms with E-state index in [0.717, 1.165) is 13.1 Å². The quantitative estimate of drug-likeness (QED) is 0.845. The lowest BCUT2D eigenvalue weighted by molar-refractivity contribution is 0.0931. The Bertz CT molecular complexity index is 664. The van der Waals surface area contributed by atoms with Crippen molar-refractivity contribution in [2.45, 2.75) is 31.7 Å². The largest absolute Gasteiger partial charge is 0.496 e. The molecule has 5 heteroatoms. The molecular formula is C20H26N2O2S. The number of para-hydroxylation sites is 1. The normalized spacial score (nSPS) is 16.8. The highest BCUT2D eigenvalue weighted by molar-refractivity contribution is 7.10. The second-order valence-electron chi connectivity index (χ2n) is 6.39. The Morgan fingerprint density at radius 1 is 1.16 bits per heavy atom. The van der Waals surface area contributed by atoms with E-state index in [0.29, 0.717) is 17.9 Å². The Morgan fingerprint density at radius 3 is 2.60 bits per heavy atom. The number of rotatable bonds is 6. The van der Waals surface area contributed by atoms with Crippen LogP contribution in [0.1, 0.15) is 47.0 Å². The number of thiophene rings is 1. The van der Waals surface area contributed by atoms with Crippen LogP contribution in [0.2, 0.25) is 0 Å². The molecule has 1 aromatic carbocycles. The van der Waals surface area contributed by atoms with E-state index in [1.165, 1.54) is 30.6 Å². The molecule has 134 valence electrons. The van der Waals surface area contributed by atoms with E-state index in [4.69, 9.17) is 4.74 Å². The van der Waals surface area contributed by atoms with Crippen LogP contribution in [0.15, 0.2) is 41.8 Å². The third-order valence-corrected chi connectivity index (χ3v) is 5.73. The Morgan fingerprint density at radius 2 is 1.92 bits per heavy atom. The van der Waals surface area contributed by atoms with E-state index in [1.807, 2.05) is 18.2 Å². The highest BCUT2D eigenvalue weighted by Gasteiger charge is 2.23. The van der Waals surface area contributed by atoms with Crippen LogP contribution < -0.4 is 10.1 Å². The van der Waals surface area contributed by atoms with E-state index < -0.39 is 0 Å². The van der Waals surface area contributed by atoms with Crippen molar-refractivity contribution in [3.05, 3.63) is 52.2 Å². The van der Waals surface area contributed by atoms with Crippen LogP contribution in [-0.2, 0) is 0 Å². The van der Waals surface area contributed by atoms with Gasteiger partial charge in [0.25, 0.3) is 5.91 Å². The highest BCUT2D eigenvalue weighted by atomic mass is 32.1. The van der Waals surface area contributed by atoms with Crippen molar-refractivity contribution >= 4 is 17.2 Å². The molecule has 0 spiro atoms. The SMILES string of the molecule is COc1ccccc1C(=O)NC[C@H](c1cccs1)N1CCCCCC1. The Labute approximate surface area is 153 Å². The van der Waals surface area contributed by atoms with Gasteiger partial charge in [-0.15, -0.1) is 11.3 Å². The first-order valence-electron chi connectivity index (χ1n) is 8.98. The maximum absolute atomic E-state index is 12.6. The van der Waals surface area contributed by atoms with Crippen LogP contribution in [0, 0.1) is 0 Å². The topological polar surface area (TPSA) is 41.6 Å². The first-order chi connectivity index (χ1) is 12.3. The van der Waals surface area contributed by atoms with Gasteiger partial charge in [-0.1, -0.05) is 31.0 Å². The van der Waals surface area contributed by atoms with Gasteiger partial charge in [-0.05, 0) is 49.5 Å². The van der Waals surface area contributed by atoms with Gasteiger partial charge in [-0.25, -0.2) is 0 Å². The average molecular weight is 359 g/mol. The summed E-state index contributed by atoms with van der Waals surface area (Å²) in [4.78, 5) is 16.5. The fourth-order valence-electron chi connectivity index (χ4n) is 3.41. The molecule has 0 bridgehead atoms. The molecule has 25 heavy (non-hydrogen) atoms. The minimum absolute atomic E-state index is 0.0752. The van der Waals surface area contributed by atoms with Crippen molar-refractivity contribution in [1.82, 2.24) is 10.2 Å². The summed E-state index contributed by atoms with van der Waals surface area (Å²) >= 11 is 1.77. The summed E-state index contributed by atoms with van der Waals surface area (Å²) in [5.41, 5.74) is 0.589. The zero-order valence-corrected chi connectivity index (χ0v) is 15.6. The molecule has 1 saturated heterocycles. The number of nitrogens with one attached hydrogen (secondary N) is 1. The summed E-state index contributed by atoms with van der Waals surface area (Å²) in [6.45, 7) is 2.83. The van der Waals surface area contributed by atoms with Crippen molar-refractivity contribution in [3.63, 3.8) is 0 Å². The second-order valence-corrected chi connectivity index (χ2v) is 7.37. The number of carbonyl (C=O) groups is 1. The number of methoxy groups -OCH3 is 1. The number of hydrogen-bond donors (Lipinski definition) is 1. The van der Waals surface area contributed by atoms with Crippen molar-refractivity contribution in [3.8, 4) is 5.75 Å². The molecule has 1 amide bonds. The highest BCUT2D eigenvalue weighted by Crippen LogP contribution is 2.27. The third-order valence-electron chi connectivity index (χ3n) is 4.76. The predicted octanol–water partition coefficient (Wildman–Crippen LogP) is 4.10. The maximum Gasteiger partial charge on any atom is 0.255 e. The van der Waals surface area contributed by atoms with Crippen LogP contribution in [0.4, 0.5) is 0 Å². The van der Waals surface area contributed by atoms with E-state index >= 15 is 0 Å². The average Bonchev–Trinajstić information content (AvgIpc) is 3.04. The number of amides is 1. The van der Waals surface area contributed by atoms with Gasteiger partial charge in [0.1, 0.15) is 5.75 Å². The fraction of sp³-hybridized carbons (Fsp3) is 0.450. The minimum Gasteiger partial charge on any atom is -0.496 e. The minimum atomic E-state index is -0.0752. The van der Waals surface area contributed by atoms with Crippen molar-refractivity contribution in [2.75, 3.05) is 26.7 Å². The van der Waals surface area contributed by atoms with Crippen LogP contribution >= 0.6 is 11.3 Å². The van der Waals surface area contributed by atoms with Gasteiger partial charge in [0, 0.05) is 11.4 Å². The van der Waals surface area contributed by atoms with Crippen LogP contribution in [0.5, 0.6) is 5.75 Å². The molecule has 0 unspecified atom stereocenters. The van der Waals surface area contributed by atoms with Crippen LogP contribution in [0.25, 0.3) is 0 Å². The van der Waals surface area contributed by atoms with E-state index in [9.17, 15) is 4.79 Å². The second kappa shape index (κ2) is 9.02. The van der Waals surface area contributed by atoms with Gasteiger partial charge in [0.2, 0.25) is 0 Å². The zero-order valence-electron chi connectivity index (χ0n) is 14.7. The Kier molecular flexibility index (Phi) is 6.48. The number of hydrogen-bond acceptors (Lipinski definition) is 4. The Balaban J connectivity index is 1.71. The van der Waals surface area contributed by atoms with Crippen LogP contribution in [0.3, 0.4) is 0 Å². The summed E-state index contributed by atoms with van der Waals surface area (Å²) in [5, 5.41) is 5.24. The summed E-state index contributed by atoms with van der Waals surface area (Å²) in [5.74, 6) is 0.538. The molecule has 1 aliphatic heterocycles. The van der Waals surface area contributed by atoms with Gasteiger partial charge in [-0.2, -0.15) is 0 Å². The number of ether oxygens (including phenoxy) is 1. The number of benzene rings is 1. The van der Waals surface area contributed by atoms with E-state index in [-0.39, 0.29) is 11.9 Å². The molecule has 3 rings (SSSR count). The summed E-state index contributed by atoms with van der Waals surface area (Å²) < 4.78 is 5.31. The molecule has 2 aromatic rings. The number of likely N-dealkylation sites (tertiary alicyclic amines) is 1. The first-order valence-corrected chi connectivity index (χ1v) is 9.86. The van der Waals surface area contributed by atoms with Crippen molar-refractivity contribution in [2.24, 2.45) is 0 Å². The summed E-state index contributed by atoms with van der Waals surface area (Å²) in [6.07, 6.45) is 5.09. The van der Waals surface area contributed by atoms with E-state index in [2.05, 4.69) is 27.7 Å². The molecule has 1 N–H and O–H groups in total. The molecule has 1 fully saturated rings. The fourth-order valence-corrected chi connectivity index (χ4v) is 4.28. The molecule has 0 saturated carbocycles. The van der Waals surface area contributed by atoms with Crippen LogP contribution in [-0.4, -0.2) is 37.6 Å². The monoisotopic (exact) mass is 358 g/mol. The lowest BCUT2D eigenvalue weighted by Crippen LogP contribution is -2.38. The Hall–Kier alpha value is -1.85. The van der Waals surface area contributed by atoms with Crippen molar-refractivity contribution < 1.29 is 9.53 Å². The molecule has 0 aliphatic carbocycles. The molecule has 1 atom stereocenters. The molecule has 0 radical (unpaired) electrons. The van der Waals surface area contributed by atoms with Gasteiger partial charge in [0.05, 0.1) is 18.7 Å². The number of carbonyl (C=O) groups excluding carboxylic acids is 1. The van der Waals surface area contributed by atoms with Gasteiger partial charge in [-0.3, -0.25) is 9.69 Å². The number of nitrogens with zero attached hydrogens (tertiary/aromatic N) is 1. The molecule has 2 heterocycles. The maximum atomic E-state index is 12.6. The lowest BCUT2D eigenvalue weighted by atomic mass is 10.1. The van der Waals surface area contributed by atoms with Crippen molar-refractivity contribution in [1.29, 1.82) is 0 Å². The molecule has 1 aromatic heterocycles. The molecular weight excluding hydrogens is 332 g/mol.